The lowest BCUT2D eigenvalue weighted by molar-refractivity contribution is -0.116. The number of hydrogen-bond donors (Lipinski definition) is 3. The number of likely N-dealkylation sites (tertiary alicyclic amines) is 1. The fourth-order valence-corrected chi connectivity index (χ4v) is 3.41. The van der Waals surface area contributed by atoms with Gasteiger partial charge in [-0.15, -0.1) is 0 Å². The van der Waals surface area contributed by atoms with Crippen molar-refractivity contribution in [1.82, 2.24) is 20.5 Å². The number of aliphatic imine (C=N–C) groups is 1. The zero-order valence-electron chi connectivity index (χ0n) is 17.6. The van der Waals surface area contributed by atoms with E-state index >= 15 is 0 Å². The van der Waals surface area contributed by atoms with Crippen molar-refractivity contribution in [2.45, 2.75) is 58.9 Å². The fourth-order valence-electron chi connectivity index (χ4n) is 3.41. The van der Waals surface area contributed by atoms with Gasteiger partial charge in [-0.05, 0) is 58.7 Å². The number of carbonyl (C=O) groups is 1. The zero-order valence-corrected chi connectivity index (χ0v) is 17.6. The van der Waals surface area contributed by atoms with Crippen molar-refractivity contribution in [2.24, 2.45) is 4.99 Å². The van der Waals surface area contributed by atoms with Gasteiger partial charge in [-0.1, -0.05) is 12.5 Å². The average molecular weight is 389 g/mol. The number of nitrogens with zero attached hydrogens (tertiary/aromatic N) is 3. The molecule has 3 N–H and O–H groups in total. The number of anilines is 1. The van der Waals surface area contributed by atoms with Gasteiger partial charge in [-0.25, -0.2) is 4.98 Å². The van der Waals surface area contributed by atoms with Crippen molar-refractivity contribution in [3.63, 3.8) is 0 Å². The van der Waals surface area contributed by atoms with Crippen LogP contribution in [0.1, 0.15) is 51.6 Å². The van der Waals surface area contributed by atoms with Gasteiger partial charge in [0, 0.05) is 44.3 Å². The van der Waals surface area contributed by atoms with Crippen LogP contribution in [0.2, 0.25) is 0 Å². The van der Waals surface area contributed by atoms with E-state index in [0.717, 1.165) is 37.7 Å². The van der Waals surface area contributed by atoms with Crippen LogP contribution in [0.5, 0.6) is 0 Å². The first-order valence-electron chi connectivity index (χ1n) is 10.6. The van der Waals surface area contributed by atoms with Crippen molar-refractivity contribution in [3.8, 4) is 0 Å². The number of rotatable bonds is 9. The van der Waals surface area contributed by atoms with Crippen LogP contribution in [0.25, 0.3) is 0 Å². The number of carbonyl (C=O) groups excluding carboxylic acids is 1. The van der Waals surface area contributed by atoms with E-state index in [9.17, 15) is 4.79 Å². The minimum atomic E-state index is -0.0551. The SMILES string of the molecule is CCNC(=NCCCN1CCCCC1C)NCCC(=O)Nc1cccc(C)n1. The number of guanidine groups is 1. The van der Waals surface area contributed by atoms with Gasteiger partial charge >= 0.3 is 0 Å². The van der Waals surface area contributed by atoms with Crippen molar-refractivity contribution in [2.75, 3.05) is 38.0 Å². The topological polar surface area (TPSA) is 81.7 Å². The molecule has 1 aromatic rings. The largest absolute Gasteiger partial charge is 0.357 e. The third-order valence-electron chi connectivity index (χ3n) is 4.96. The third-order valence-corrected chi connectivity index (χ3v) is 4.96. The Morgan fingerprint density at radius 3 is 2.93 bits per heavy atom. The highest BCUT2D eigenvalue weighted by atomic mass is 16.1. The molecule has 0 bridgehead atoms. The molecule has 7 nitrogen and oxygen atoms in total. The molecule has 1 unspecified atom stereocenters. The monoisotopic (exact) mass is 388 g/mol. The molecule has 1 aromatic heterocycles. The van der Waals surface area contributed by atoms with Gasteiger partial charge in [-0.2, -0.15) is 0 Å². The van der Waals surface area contributed by atoms with Gasteiger partial charge in [0.15, 0.2) is 5.96 Å². The van der Waals surface area contributed by atoms with Gasteiger partial charge in [0.05, 0.1) is 0 Å². The summed E-state index contributed by atoms with van der Waals surface area (Å²) in [6.07, 6.45) is 5.41. The van der Waals surface area contributed by atoms with Crippen molar-refractivity contribution >= 4 is 17.7 Å². The van der Waals surface area contributed by atoms with E-state index in [1.807, 2.05) is 26.0 Å². The lowest BCUT2D eigenvalue weighted by atomic mass is 10.0. The summed E-state index contributed by atoms with van der Waals surface area (Å²) in [5, 5.41) is 9.31. The number of amides is 1. The number of piperidine rings is 1. The molecule has 0 saturated carbocycles. The lowest BCUT2D eigenvalue weighted by Crippen LogP contribution is -2.39. The second-order valence-electron chi connectivity index (χ2n) is 7.38. The molecule has 0 radical (unpaired) electrons. The van der Waals surface area contributed by atoms with Crippen LogP contribution in [0.4, 0.5) is 5.82 Å². The Morgan fingerprint density at radius 1 is 1.32 bits per heavy atom. The summed E-state index contributed by atoms with van der Waals surface area (Å²) in [6, 6.07) is 6.29. The summed E-state index contributed by atoms with van der Waals surface area (Å²) < 4.78 is 0. The molecule has 1 aliphatic rings. The standard InChI is InChI=1S/C21H36N6O/c1-4-22-21(23-13-8-16-27-15-6-5-10-18(27)3)24-14-12-20(28)26-19-11-7-9-17(2)25-19/h7,9,11,18H,4-6,8,10,12-16H2,1-3H3,(H2,22,23,24)(H,25,26,28). The average Bonchev–Trinajstić information content (AvgIpc) is 2.66. The van der Waals surface area contributed by atoms with Crippen molar-refractivity contribution in [1.29, 1.82) is 0 Å². The summed E-state index contributed by atoms with van der Waals surface area (Å²) in [7, 11) is 0. The van der Waals surface area contributed by atoms with Crippen LogP contribution < -0.4 is 16.0 Å². The van der Waals surface area contributed by atoms with Crippen LogP contribution in [0, 0.1) is 6.92 Å². The molecular weight excluding hydrogens is 352 g/mol. The Labute approximate surface area is 169 Å². The van der Waals surface area contributed by atoms with Crippen molar-refractivity contribution in [3.05, 3.63) is 23.9 Å². The number of pyridine rings is 1. The van der Waals surface area contributed by atoms with Crippen LogP contribution in [0.3, 0.4) is 0 Å². The highest BCUT2D eigenvalue weighted by Crippen LogP contribution is 2.16. The van der Waals surface area contributed by atoms with Crippen LogP contribution in [-0.4, -0.2) is 60.5 Å². The number of hydrogen-bond acceptors (Lipinski definition) is 4. The predicted octanol–water partition coefficient (Wildman–Crippen LogP) is 2.54. The first-order valence-corrected chi connectivity index (χ1v) is 10.6. The second-order valence-corrected chi connectivity index (χ2v) is 7.38. The molecule has 1 fully saturated rings. The minimum Gasteiger partial charge on any atom is -0.357 e. The van der Waals surface area contributed by atoms with Gasteiger partial charge in [0.2, 0.25) is 5.91 Å². The molecule has 156 valence electrons. The van der Waals surface area contributed by atoms with Gasteiger partial charge in [0.1, 0.15) is 5.82 Å². The van der Waals surface area contributed by atoms with Gasteiger partial charge in [0.25, 0.3) is 0 Å². The quantitative estimate of drug-likeness (QED) is 0.344. The Hall–Kier alpha value is -2.15. The normalized spacial score (nSPS) is 18.0. The first-order chi connectivity index (χ1) is 13.6. The van der Waals surface area contributed by atoms with E-state index in [-0.39, 0.29) is 5.91 Å². The highest BCUT2D eigenvalue weighted by Gasteiger charge is 2.17. The molecule has 2 rings (SSSR count). The number of aromatic nitrogens is 1. The zero-order chi connectivity index (χ0) is 20.2. The molecule has 28 heavy (non-hydrogen) atoms. The summed E-state index contributed by atoms with van der Waals surface area (Å²) in [4.78, 5) is 23.6. The third kappa shape index (κ3) is 8.25. The maximum atomic E-state index is 12.1. The van der Waals surface area contributed by atoms with Crippen LogP contribution in [0.15, 0.2) is 23.2 Å². The van der Waals surface area contributed by atoms with Crippen molar-refractivity contribution < 1.29 is 4.79 Å². The molecule has 1 amide bonds. The van der Waals surface area contributed by atoms with Gasteiger partial charge < -0.3 is 20.9 Å². The molecule has 1 saturated heterocycles. The summed E-state index contributed by atoms with van der Waals surface area (Å²) in [6.45, 7) is 10.7. The molecule has 2 heterocycles. The molecule has 0 aliphatic carbocycles. The smallest absolute Gasteiger partial charge is 0.227 e. The Morgan fingerprint density at radius 2 is 2.18 bits per heavy atom. The highest BCUT2D eigenvalue weighted by molar-refractivity contribution is 5.90. The lowest BCUT2D eigenvalue weighted by Gasteiger charge is -2.33. The predicted molar refractivity (Wildman–Crippen MR) is 116 cm³/mol. The summed E-state index contributed by atoms with van der Waals surface area (Å²) in [5.74, 6) is 1.31. The number of aryl methyl sites for hydroxylation is 1. The molecule has 1 atom stereocenters. The summed E-state index contributed by atoms with van der Waals surface area (Å²) in [5.41, 5.74) is 0.886. The molecule has 7 heteroatoms. The van der Waals surface area contributed by atoms with E-state index < -0.39 is 0 Å². The fraction of sp³-hybridized carbons (Fsp3) is 0.667. The minimum absolute atomic E-state index is 0.0551. The second kappa shape index (κ2) is 12.3. The van der Waals surface area contributed by atoms with E-state index in [4.69, 9.17) is 0 Å². The summed E-state index contributed by atoms with van der Waals surface area (Å²) >= 11 is 0. The van der Waals surface area contributed by atoms with E-state index in [1.54, 1.807) is 6.07 Å². The molecular formula is C21H36N6O. The molecule has 0 aromatic carbocycles. The van der Waals surface area contributed by atoms with Crippen LogP contribution in [-0.2, 0) is 4.79 Å². The molecule has 1 aliphatic heterocycles. The Balaban J connectivity index is 1.67. The Bertz CT molecular complexity index is 633. The van der Waals surface area contributed by atoms with E-state index in [0.29, 0.717) is 24.8 Å². The maximum Gasteiger partial charge on any atom is 0.227 e. The van der Waals surface area contributed by atoms with E-state index in [1.165, 1.54) is 25.8 Å². The maximum absolute atomic E-state index is 12.1. The Kier molecular flexibility index (Phi) is 9.76. The van der Waals surface area contributed by atoms with Gasteiger partial charge in [-0.3, -0.25) is 9.79 Å². The first kappa shape index (κ1) is 22.1. The number of nitrogens with one attached hydrogen (secondary N) is 3. The van der Waals surface area contributed by atoms with E-state index in [2.05, 4.69) is 37.8 Å². The molecule has 0 spiro atoms. The van der Waals surface area contributed by atoms with Crippen LogP contribution >= 0.6 is 0 Å².